The lowest BCUT2D eigenvalue weighted by molar-refractivity contribution is -0.132. The standard InChI is InChI=1S/C16H23ClN6O3S/c1-12-16(17)13(2)23(19-12)5-4-15(24)21-6-8-22(9-7-21)27(25,26)14-10-18-20(3)11-14/h10-11H,4-9H2,1-3H3. The van der Waals surface area contributed by atoms with Gasteiger partial charge in [-0.1, -0.05) is 11.6 Å². The van der Waals surface area contributed by atoms with E-state index in [2.05, 4.69) is 10.2 Å². The van der Waals surface area contributed by atoms with Gasteiger partial charge in [0, 0.05) is 45.8 Å². The van der Waals surface area contributed by atoms with Crippen LogP contribution in [0.25, 0.3) is 0 Å². The van der Waals surface area contributed by atoms with E-state index in [0.29, 0.717) is 31.1 Å². The first-order valence-electron chi connectivity index (χ1n) is 8.66. The molecule has 27 heavy (non-hydrogen) atoms. The summed E-state index contributed by atoms with van der Waals surface area (Å²) in [5, 5.41) is 8.86. The highest BCUT2D eigenvalue weighted by atomic mass is 35.5. The van der Waals surface area contributed by atoms with E-state index in [-0.39, 0.29) is 23.9 Å². The molecule has 0 bridgehead atoms. The van der Waals surface area contributed by atoms with Crippen LogP contribution in [-0.2, 0) is 28.4 Å². The molecule has 148 valence electrons. The number of amides is 1. The third-order valence-electron chi connectivity index (χ3n) is 4.74. The number of halogens is 1. The Hall–Kier alpha value is -1.91. The topological polar surface area (TPSA) is 93.3 Å². The van der Waals surface area contributed by atoms with Gasteiger partial charge in [-0.15, -0.1) is 0 Å². The minimum absolute atomic E-state index is 0.0166. The number of aromatic nitrogens is 4. The van der Waals surface area contributed by atoms with Gasteiger partial charge >= 0.3 is 0 Å². The van der Waals surface area contributed by atoms with E-state index in [9.17, 15) is 13.2 Å². The third-order valence-corrected chi connectivity index (χ3v) is 7.14. The van der Waals surface area contributed by atoms with E-state index < -0.39 is 10.0 Å². The van der Waals surface area contributed by atoms with Gasteiger partial charge in [-0.05, 0) is 13.8 Å². The zero-order valence-electron chi connectivity index (χ0n) is 15.6. The molecule has 0 saturated carbocycles. The van der Waals surface area contributed by atoms with Crippen molar-refractivity contribution in [2.75, 3.05) is 26.2 Å². The fourth-order valence-corrected chi connectivity index (χ4v) is 4.65. The van der Waals surface area contributed by atoms with Crippen LogP contribution >= 0.6 is 11.6 Å². The third kappa shape index (κ3) is 4.02. The molecule has 9 nitrogen and oxygen atoms in total. The summed E-state index contributed by atoms with van der Waals surface area (Å²) < 4.78 is 29.8. The molecule has 1 aliphatic rings. The van der Waals surface area contributed by atoms with E-state index in [1.165, 1.54) is 21.4 Å². The molecule has 2 aromatic rings. The van der Waals surface area contributed by atoms with Gasteiger partial charge in [-0.25, -0.2) is 8.42 Å². The number of aryl methyl sites for hydroxylation is 3. The minimum atomic E-state index is -3.57. The molecule has 0 unspecified atom stereocenters. The van der Waals surface area contributed by atoms with E-state index in [1.54, 1.807) is 16.6 Å². The predicted octanol–water partition coefficient (Wildman–Crippen LogP) is 0.810. The SMILES string of the molecule is Cc1nn(CCC(=O)N2CCN(S(=O)(=O)c3cnn(C)c3)CC2)c(C)c1Cl. The highest BCUT2D eigenvalue weighted by Crippen LogP contribution is 2.20. The molecule has 2 aromatic heterocycles. The lowest BCUT2D eigenvalue weighted by Gasteiger charge is -2.33. The first kappa shape index (κ1) is 19.8. The predicted molar refractivity (Wildman–Crippen MR) is 99.9 cm³/mol. The summed E-state index contributed by atoms with van der Waals surface area (Å²) in [6.45, 7) is 5.44. The zero-order valence-corrected chi connectivity index (χ0v) is 17.2. The van der Waals surface area contributed by atoms with Crippen LogP contribution in [0.1, 0.15) is 17.8 Å². The molecular weight excluding hydrogens is 392 g/mol. The molecule has 11 heteroatoms. The van der Waals surface area contributed by atoms with Crippen molar-refractivity contribution in [3.63, 3.8) is 0 Å². The Morgan fingerprint density at radius 2 is 1.89 bits per heavy atom. The van der Waals surface area contributed by atoms with Gasteiger partial charge < -0.3 is 4.90 Å². The van der Waals surface area contributed by atoms with E-state index in [0.717, 1.165) is 11.4 Å². The summed E-state index contributed by atoms with van der Waals surface area (Å²) in [5.74, 6) is -0.0166. The lowest BCUT2D eigenvalue weighted by atomic mass is 10.3. The van der Waals surface area contributed by atoms with Crippen molar-refractivity contribution in [3.05, 3.63) is 28.8 Å². The maximum Gasteiger partial charge on any atom is 0.246 e. The molecule has 1 aliphatic heterocycles. The summed E-state index contributed by atoms with van der Waals surface area (Å²) in [6.07, 6.45) is 3.12. The van der Waals surface area contributed by atoms with Crippen molar-refractivity contribution in [2.45, 2.75) is 31.7 Å². The fraction of sp³-hybridized carbons (Fsp3) is 0.562. The number of nitrogens with zero attached hydrogens (tertiary/aromatic N) is 6. The summed E-state index contributed by atoms with van der Waals surface area (Å²) >= 11 is 6.13. The Labute approximate surface area is 163 Å². The van der Waals surface area contributed by atoms with Crippen molar-refractivity contribution in [3.8, 4) is 0 Å². The molecule has 1 fully saturated rings. The second-order valence-corrected chi connectivity index (χ2v) is 8.91. The number of hydrogen-bond donors (Lipinski definition) is 0. The van der Waals surface area contributed by atoms with Crippen molar-refractivity contribution in [2.24, 2.45) is 7.05 Å². The van der Waals surface area contributed by atoms with Crippen molar-refractivity contribution >= 4 is 27.5 Å². The molecule has 3 rings (SSSR count). The van der Waals surface area contributed by atoms with Crippen LogP contribution < -0.4 is 0 Å². The maximum absolute atomic E-state index is 12.6. The molecule has 3 heterocycles. The van der Waals surface area contributed by atoms with Crippen molar-refractivity contribution < 1.29 is 13.2 Å². The van der Waals surface area contributed by atoms with Gasteiger partial charge in [-0.3, -0.25) is 14.2 Å². The molecule has 1 saturated heterocycles. The lowest BCUT2D eigenvalue weighted by Crippen LogP contribution is -2.50. The average Bonchev–Trinajstić information content (AvgIpc) is 3.19. The number of carbonyl (C=O) groups excluding carboxylic acids is 1. The molecule has 0 radical (unpaired) electrons. The summed E-state index contributed by atoms with van der Waals surface area (Å²) in [5.41, 5.74) is 1.59. The van der Waals surface area contributed by atoms with Gasteiger partial charge in [0.15, 0.2) is 0 Å². The highest BCUT2D eigenvalue weighted by molar-refractivity contribution is 7.89. The molecular formula is C16H23ClN6O3S. The Morgan fingerprint density at radius 1 is 1.22 bits per heavy atom. The maximum atomic E-state index is 12.6. The number of hydrogen-bond acceptors (Lipinski definition) is 5. The van der Waals surface area contributed by atoms with Gasteiger partial charge in [0.05, 0.1) is 29.2 Å². The number of rotatable bonds is 5. The smallest absolute Gasteiger partial charge is 0.246 e. The summed E-state index contributed by atoms with van der Waals surface area (Å²) in [4.78, 5) is 14.3. The summed E-state index contributed by atoms with van der Waals surface area (Å²) in [7, 11) is -1.90. The van der Waals surface area contributed by atoms with Gasteiger partial charge in [-0.2, -0.15) is 14.5 Å². The average molecular weight is 415 g/mol. The highest BCUT2D eigenvalue weighted by Gasteiger charge is 2.30. The summed E-state index contributed by atoms with van der Waals surface area (Å²) in [6, 6.07) is 0. The van der Waals surface area contributed by atoms with Crippen LogP contribution in [0.15, 0.2) is 17.3 Å². The molecule has 0 spiro atoms. The van der Waals surface area contributed by atoms with Crippen molar-refractivity contribution in [1.29, 1.82) is 0 Å². The van der Waals surface area contributed by atoms with Crippen LogP contribution in [0, 0.1) is 13.8 Å². The second kappa shape index (κ2) is 7.61. The van der Waals surface area contributed by atoms with Gasteiger partial charge in [0.25, 0.3) is 0 Å². The zero-order chi connectivity index (χ0) is 19.8. The molecule has 1 amide bonds. The number of sulfonamides is 1. The molecule has 0 aromatic carbocycles. The van der Waals surface area contributed by atoms with Crippen LogP contribution in [0.3, 0.4) is 0 Å². The number of piperazine rings is 1. The number of carbonyl (C=O) groups is 1. The second-order valence-electron chi connectivity index (χ2n) is 6.59. The first-order chi connectivity index (χ1) is 12.7. The van der Waals surface area contributed by atoms with Crippen LogP contribution in [0.2, 0.25) is 5.02 Å². The Morgan fingerprint density at radius 3 is 2.41 bits per heavy atom. The largest absolute Gasteiger partial charge is 0.340 e. The van der Waals surface area contributed by atoms with E-state index in [4.69, 9.17) is 11.6 Å². The molecule has 0 N–H and O–H groups in total. The Kier molecular flexibility index (Phi) is 5.59. The Bertz CT molecular complexity index is 944. The van der Waals surface area contributed by atoms with Crippen LogP contribution in [-0.4, -0.2) is 69.3 Å². The monoisotopic (exact) mass is 414 g/mol. The normalized spacial score (nSPS) is 16.1. The van der Waals surface area contributed by atoms with Gasteiger partial charge in [0.2, 0.25) is 15.9 Å². The van der Waals surface area contributed by atoms with E-state index in [1.807, 2.05) is 13.8 Å². The fourth-order valence-electron chi connectivity index (χ4n) is 3.11. The van der Waals surface area contributed by atoms with Crippen LogP contribution in [0.5, 0.6) is 0 Å². The first-order valence-corrected chi connectivity index (χ1v) is 10.5. The quantitative estimate of drug-likeness (QED) is 0.721. The van der Waals surface area contributed by atoms with Crippen LogP contribution in [0.4, 0.5) is 0 Å². The minimum Gasteiger partial charge on any atom is -0.340 e. The van der Waals surface area contributed by atoms with E-state index >= 15 is 0 Å². The Balaban J connectivity index is 1.55. The van der Waals surface area contributed by atoms with Gasteiger partial charge in [0.1, 0.15) is 4.90 Å². The molecule has 0 atom stereocenters. The molecule has 0 aliphatic carbocycles. The van der Waals surface area contributed by atoms with Crippen molar-refractivity contribution in [1.82, 2.24) is 28.8 Å².